The minimum atomic E-state index is -0.0380. The molecule has 2 N–H and O–H groups in total. The maximum absolute atomic E-state index is 11.2. The molecule has 0 saturated carbocycles. The van der Waals surface area contributed by atoms with E-state index in [1.54, 1.807) is 36.4 Å². The van der Waals surface area contributed by atoms with E-state index in [1.165, 1.54) is 6.92 Å². The summed E-state index contributed by atoms with van der Waals surface area (Å²) >= 11 is 11.9. The molecule has 0 heterocycles. The van der Waals surface area contributed by atoms with E-state index in [0.29, 0.717) is 27.0 Å². The van der Waals surface area contributed by atoms with Crippen molar-refractivity contribution in [2.75, 3.05) is 5.73 Å². The summed E-state index contributed by atoms with van der Waals surface area (Å²) in [6, 6.07) is 10.2. The van der Waals surface area contributed by atoms with E-state index < -0.39 is 0 Å². The first-order valence-electron chi connectivity index (χ1n) is 5.94. The Morgan fingerprint density at radius 2 is 1.95 bits per heavy atom. The van der Waals surface area contributed by atoms with Crippen LogP contribution in [0, 0.1) is 0 Å². The Labute approximate surface area is 127 Å². The average Bonchev–Trinajstić information content (AvgIpc) is 2.38. The fraction of sp³-hybridized carbons (Fsp3) is 0.133. The van der Waals surface area contributed by atoms with E-state index in [-0.39, 0.29) is 12.4 Å². The zero-order valence-corrected chi connectivity index (χ0v) is 12.3. The molecule has 0 bridgehead atoms. The van der Waals surface area contributed by atoms with Crippen LogP contribution >= 0.6 is 23.2 Å². The second-order valence-electron chi connectivity index (χ2n) is 4.33. The van der Waals surface area contributed by atoms with E-state index in [9.17, 15) is 4.79 Å². The van der Waals surface area contributed by atoms with Crippen molar-refractivity contribution in [3.8, 4) is 5.75 Å². The number of rotatable bonds is 4. The second-order valence-corrected chi connectivity index (χ2v) is 5.18. The number of hydrogen-bond donors (Lipinski definition) is 1. The predicted molar refractivity (Wildman–Crippen MR) is 81.7 cm³/mol. The first-order valence-corrected chi connectivity index (χ1v) is 6.70. The van der Waals surface area contributed by atoms with E-state index in [4.69, 9.17) is 33.7 Å². The smallest absolute Gasteiger partial charge is 0.159 e. The lowest BCUT2D eigenvalue weighted by molar-refractivity contribution is 0.101. The van der Waals surface area contributed by atoms with Crippen molar-refractivity contribution in [3.63, 3.8) is 0 Å². The molecule has 5 heteroatoms. The Kier molecular flexibility index (Phi) is 4.53. The number of ether oxygens (including phenoxy) is 1. The number of nitrogen functional groups attached to an aromatic ring is 1. The molecule has 0 saturated heterocycles. The molecule has 3 nitrogen and oxygen atoms in total. The van der Waals surface area contributed by atoms with Gasteiger partial charge in [-0.3, -0.25) is 4.79 Å². The molecule has 0 aliphatic heterocycles. The summed E-state index contributed by atoms with van der Waals surface area (Å²) in [4.78, 5) is 11.2. The maximum atomic E-state index is 11.2. The molecule has 2 aromatic rings. The molecule has 2 rings (SSSR count). The van der Waals surface area contributed by atoms with Crippen LogP contribution in [0.25, 0.3) is 0 Å². The van der Waals surface area contributed by atoms with Crippen LogP contribution < -0.4 is 10.5 Å². The molecular formula is C15H13Cl2NO2. The van der Waals surface area contributed by atoms with Gasteiger partial charge < -0.3 is 10.5 Å². The van der Waals surface area contributed by atoms with Crippen LogP contribution in [0.1, 0.15) is 22.8 Å². The number of ketones is 1. The van der Waals surface area contributed by atoms with E-state index in [1.807, 2.05) is 0 Å². The van der Waals surface area contributed by atoms with Gasteiger partial charge in [0.25, 0.3) is 0 Å². The van der Waals surface area contributed by atoms with Crippen LogP contribution in [-0.2, 0) is 6.61 Å². The minimum Gasteiger partial charge on any atom is -0.487 e. The van der Waals surface area contributed by atoms with Crippen LogP contribution in [0.4, 0.5) is 5.69 Å². The molecule has 104 valence electrons. The molecule has 0 atom stereocenters. The Balaban J connectivity index is 2.13. The van der Waals surface area contributed by atoms with Crippen molar-refractivity contribution in [1.82, 2.24) is 0 Å². The van der Waals surface area contributed by atoms with Gasteiger partial charge >= 0.3 is 0 Å². The largest absolute Gasteiger partial charge is 0.487 e. The predicted octanol–water partition coefficient (Wildman–Crippen LogP) is 4.36. The molecule has 2 aromatic carbocycles. The van der Waals surface area contributed by atoms with Crippen LogP contribution in [0.15, 0.2) is 36.4 Å². The molecule has 0 amide bonds. The lowest BCUT2D eigenvalue weighted by atomic mass is 10.1. The van der Waals surface area contributed by atoms with E-state index in [2.05, 4.69) is 0 Å². The zero-order valence-electron chi connectivity index (χ0n) is 10.8. The molecule has 0 unspecified atom stereocenters. The van der Waals surface area contributed by atoms with E-state index in [0.717, 1.165) is 5.56 Å². The Morgan fingerprint density at radius 3 is 2.55 bits per heavy atom. The number of hydrogen-bond acceptors (Lipinski definition) is 3. The zero-order chi connectivity index (χ0) is 14.7. The summed E-state index contributed by atoms with van der Waals surface area (Å²) in [6.07, 6.45) is 0. The average molecular weight is 310 g/mol. The number of halogens is 2. The van der Waals surface area contributed by atoms with Gasteiger partial charge in [-0.25, -0.2) is 0 Å². The molecule has 0 radical (unpaired) electrons. The van der Waals surface area contributed by atoms with Crippen molar-refractivity contribution in [2.45, 2.75) is 13.5 Å². The van der Waals surface area contributed by atoms with Gasteiger partial charge in [-0.2, -0.15) is 0 Å². The van der Waals surface area contributed by atoms with Crippen LogP contribution in [0.3, 0.4) is 0 Å². The Bertz CT molecular complexity index is 656. The van der Waals surface area contributed by atoms with Gasteiger partial charge in [0.15, 0.2) is 5.78 Å². The van der Waals surface area contributed by atoms with Crippen molar-refractivity contribution in [2.24, 2.45) is 0 Å². The monoisotopic (exact) mass is 309 g/mol. The van der Waals surface area contributed by atoms with E-state index >= 15 is 0 Å². The van der Waals surface area contributed by atoms with Crippen LogP contribution in [0.5, 0.6) is 5.75 Å². The summed E-state index contributed by atoms with van der Waals surface area (Å²) in [5.41, 5.74) is 7.64. The highest BCUT2D eigenvalue weighted by atomic mass is 35.5. The number of nitrogens with two attached hydrogens (primary N) is 1. The van der Waals surface area contributed by atoms with Crippen LogP contribution in [0.2, 0.25) is 10.0 Å². The van der Waals surface area contributed by atoms with Crippen LogP contribution in [-0.4, -0.2) is 5.78 Å². The normalized spacial score (nSPS) is 10.3. The van der Waals surface area contributed by atoms with Gasteiger partial charge in [0, 0.05) is 21.2 Å². The number of anilines is 1. The quantitative estimate of drug-likeness (QED) is 0.674. The molecule has 0 aliphatic rings. The molecular weight excluding hydrogens is 297 g/mol. The standard InChI is InChI=1S/C15H13Cl2NO2/c1-9(19)10-3-5-15(14(18)6-10)20-8-11-2-4-12(16)7-13(11)17/h2-7H,8,18H2,1H3. The highest BCUT2D eigenvalue weighted by molar-refractivity contribution is 6.35. The van der Waals surface area contributed by atoms with Gasteiger partial charge in [0.1, 0.15) is 12.4 Å². The number of carbonyl (C=O) groups excluding carboxylic acids is 1. The minimum absolute atomic E-state index is 0.0380. The van der Waals surface area contributed by atoms with Crippen molar-refractivity contribution in [3.05, 3.63) is 57.6 Å². The van der Waals surface area contributed by atoms with Crippen molar-refractivity contribution >= 4 is 34.7 Å². The Hall–Kier alpha value is -1.71. The molecule has 20 heavy (non-hydrogen) atoms. The SMILES string of the molecule is CC(=O)c1ccc(OCc2ccc(Cl)cc2Cl)c(N)c1. The summed E-state index contributed by atoms with van der Waals surface area (Å²) in [6.45, 7) is 1.77. The van der Waals surface area contributed by atoms with Crippen molar-refractivity contribution < 1.29 is 9.53 Å². The lowest BCUT2D eigenvalue weighted by Crippen LogP contribution is -2.01. The molecule has 0 aliphatic carbocycles. The molecule has 0 fully saturated rings. The molecule has 0 aromatic heterocycles. The third kappa shape index (κ3) is 3.44. The van der Waals surface area contributed by atoms with Crippen molar-refractivity contribution in [1.29, 1.82) is 0 Å². The summed E-state index contributed by atoms with van der Waals surface area (Å²) in [7, 11) is 0. The lowest BCUT2D eigenvalue weighted by Gasteiger charge is -2.11. The topological polar surface area (TPSA) is 52.3 Å². The fourth-order valence-corrected chi connectivity index (χ4v) is 2.16. The summed E-state index contributed by atoms with van der Waals surface area (Å²) in [5.74, 6) is 0.477. The van der Waals surface area contributed by atoms with Gasteiger partial charge in [-0.1, -0.05) is 29.3 Å². The number of carbonyl (C=O) groups is 1. The summed E-state index contributed by atoms with van der Waals surface area (Å²) < 4.78 is 5.61. The third-order valence-electron chi connectivity index (χ3n) is 2.81. The van der Waals surface area contributed by atoms with Gasteiger partial charge in [0.05, 0.1) is 5.69 Å². The third-order valence-corrected chi connectivity index (χ3v) is 3.40. The molecule has 0 spiro atoms. The summed E-state index contributed by atoms with van der Waals surface area (Å²) in [5, 5.41) is 1.11. The first-order chi connectivity index (χ1) is 9.47. The number of Topliss-reactive ketones (excluding diaryl/α,β-unsaturated/α-hetero) is 1. The highest BCUT2D eigenvalue weighted by Crippen LogP contribution is 2.26. The van der Waals surface area contributed by atoms with Gasteiger partial charge in [-0.05, 0) is 37.3 Å². The maximum Gasteiger partial charge on any atom is 0.159 e. The second kappa shape index (κ2) is 6.16. The van der Waals surface area contributed by atoms with Gasteiger partial charge in [-0.15, -0.1) is 0 Å². The number of benzene rings is 2. The first kappa shape index (κ1) is 14.7. The fourth-order valence-electron chi connectivity index (χ4n) is 1.69. The van der Waals surface area contributed by atoms with Gasteiger partial charge in [0.2, 0.25) is 0 Å². The Morgan fingerprint density at radius 1 is 1.20 bits per heavy atom. The highest BCUT2D eigenvalue weighted by Gasteiger charge is 2.07.